The van der Waals surface area contributed by atoms with E-state index in [4.69, 9.17) is 4.42 Å². The molecular weight excluding hydrogens is 366 g/mol. The molecule has 2 heterocycles. The van der Waals surface area contributed by atoms with Gasteiger partial charge in [-0.25, -0.2) is 0 Å². The van der Waals surface area contributed by atoms with Crippen LogP contribution < -0.4 is 0 Å². The Morgan fingerprint density at radius 1 is 0.700 bits per heavy atom. The average Bonchev–Trinajstić information content (AvgIpc) is 3.10. The molecule has 2 heteroatoms. The summed E-state index contributed by atoms with van der Waals surface area (Å²) in [5.41, 5.74) is 7.88. The van der Waals surface area contributed by atoms with Gasteiger partial charge in [-0.15, -0.1) is 0 Å². The Labute approximate surface area is 177 Å². The Balaban J connectivity index is 1.57. The van der Waals surface area contributed by atoms with Crippen molar-refractivity contribution >= 4 is 21.9 Å². The number of furan rings is 1. The smallest absolute Gasteiger partial charge is 0.136 e. The Bertz CT molecular complexity index is 1340. The van der Waals surface area contributed by atoms with Crippen molar-refractivity contribution in [1.82, 2.24) is 4.98 Å². The predicted molar refractivity (Wildman–Crippen MR) is 126 cm³/mol. The highest BCUT2D eigenvalue weighted by Gasteiger charge is 2.13. The predicted octanol–water partition coefficient (Wildman–Crippen LogP) is 7.90. The van der Waals surface area contributed by atoms with Gasteiger partial charge in [-0.3, -0.25) is 4.98 Å². The molecule has 30 heavy (non-hydrogen) atoms. The van der Waals surface area contributed by atoms with Crippen LogP contribution in [0, 0.1) is 5.41 Å². The number of hydrogen-bond acceptors (Lipinski definition) is 2. The van der Waals surface area contributed by atoms with Gasteiger partial charge in [0.25, 0.3) is 0 Å². The molecular formula is C28H25NO. The third-order valence-electron chi connectivity index (χ3n) is 5.43. The molecule has 0 unspecified atom stereocenters. The summed E-state index contributed by atoms with van der Waals surface area (Å²) in [4.78, 5) is 4.63. The van der Waals surface area contributed by atoms with E-state index in [1.54, 1.807) is 0 Å². The number of hydrogen-bond donors (Lipinski definition) is 0. The van der Waals surface area contributed by atoms with Crippen molar-refractivity contribution in [3.8, 4) is 22.4 Å². The monoisotopic (exact) mass is 391 g/mol. The van der Waals surface area contributed by atoms with Crippen LogP contribution in [0.5, 0.6) is 0 Å². The molecule has 0 bridgehead atoms. The maximum Gasteiger partial charge on any atom is 0.136 e. The largest absolute Gasteiger partial charge is 0.456 e. The SMILES string of the molecule is CC(C)(C)Cc1ccnc(-c2ccc3oc4cc(-c5ccccc5)ccc4c3c2)c1. The first-order chi connectivity index (χ1) is 14.5. The zero-order valence-electron chi connectivity index (χ0n) is 17.6. The van der Waals surface area contributed by atoms with Crippen LogP contribution in [0.4, 0.5) is 0 Å². The van der Waals surface area contributed by atoms with Gasteiger partial charge >= 0.3 is 0 Å². The summed E-state index contributed by atoms with van der Waals surface area (Å²) in [6.45, 7) is 6.79. The number of aromatic nitrogens is 1. The summed E-state index contributed by atoms with van der Waals surface area (Å²) in [6.07, 6.45) is 2.95. The number of fused-ring (bicyclic) bond motifs is 3. The molecule has 0 N–H and O–H groups in total. The first-order valence-electron chi connectivity index (χ1n) is 10.4. The Kier molecular flexibility index (Phi) is 4.43. The van der Waals surface area contributed by atoms with Crippen molar-refractivity contribution in [2.45, 2.75) is 27.2 Å². The summed E-state index contributed by atoms with van der Waals surface area (Å²) < 4.78 is 6.17. The molecule has 0 aliphatic rings. The van der Waals surface area contributed by atoms with E-state index in [9.17, 15) is 0 Å². The second-order valence-electron chi connectivity index (χ2n) is 9.18. The van der Waals surface area contributed by atoms with E-state index >= 15 is 0 Å². The second-order valence-corrected chi connectivity index (χ2v) is 9.18. The summed E-state index contributed by atoms with van der Waals surface area (Å²) in [5, 5.41) is 2.27. The molecule has 148 valence electrons. The Hall–Kier alpha value is -3.39. The van der Waals surface area contributed by atoms with Crippen molar-refractivity contribution in [2.24, 2.45) is 5.41 Å². The lowest BCUT2D eigenvalue weighted by molar-refractivity contribution is 0.411. The molecule has 0 fully saturated rings. The van der Waals surface area contributed by atoms with E-state index in [2.05, 4.69) is 98.6 Å². The van der Waals surface area contributed by atoms with Gasteiger partial charge in [0.2, 0.25) is 0 Å². The van der Waals surface area contributed by atoms with E-state index in [1.807, 2.05) is 12.3 Å². The van der Waals surface area contributed by atoms with E-state index in [-0.39, 0.29) is 5.41 Å². The molecule has 2 nitrogen and oxygen atoms in total. The third kappa shape index (κ3) is 3.61. The average molecular weight is 392 g/mol. The summed E-state index contributed by atoms with van der Waals surface area (Å²) >= 11 is 0. The fourth-order valence-electron chi connectivity index (χ4n) is 4.10. The van der Waals surface area contributed by atoms with Crippen LogP contribution in [0.1, 0.15) is 26.3 Å². The molecule has 0 amide bonds. The molecule has 5 aromatic rings. The van der Waals surface area contributed by atoms with Gasteiger partial charge in [0.15, 0.2) is 0 Å². The van der Waals surface area contributed by atoms with Crippen LogP contribution in [0.3, 0.4) is 0 Å². The minimum atomic E-state index is 0.250. The van der Waals surface area contributed by atoms with Crippen molar-refractivity contribution in [3.05, 3.63) is 90.6 Å². The van der Waals surface area contributed by atoms with Crippen LogP contribution in [0.25, 0.3) is 44.3 Å². The standard InChI is InChI=1S/C28H25NO/c1-28(2,3)18-19-13-14-29-25(15-19)22-10-12-26-24(16-22)23-11-9-21(17-27(23)30-26)20-7-5-4-6-8-20/h4-17H,18H2,1-3H3. The number of nitrogens with zero attached hydrogens (tertiary/aromatic N) is 1. The highest BCUT2D eigenvalue weighted by Crippen LogP contribution is 2.34. The maximum absolute atomic E-state index is 6.17. The van der Waals surface area contributed by atoms with E-state index in [0.717, 1.165) is 39.6 Å². The number of pyridine rings is 1. The molecule has 0 atom stereocenters. The van der Waals surface area contributed by atoms with Gasteiger partial charge in [0, 0.05) is 22.5 Å². The minimum absolute atomic E-state index is 0.250. The van der Waals surface area contributed by atoms with Gasteiger partial charge in [-0.2, -0.15) is 0 Å². The van der Waals surface area contributed by atoms with Gasteiger partial charge < -0.3 is 4.42 Å². The lowest BCUT2D eigenvalue weighted by Gasteiger charge is -2.18. The van der Waals surface area contributed by atoms with Crippen LogP contribution in [-0.2, 0) is 6.42 Å². The third-order valence-corrected chi connectivity index (χ3v) is 5.43. The lowest BCUT2D eigenvalue weighted by Crippen LogP contribution is -2.09. The van der Waals surface area contributed by atoms with E-state index < -0.39 is 0 Å². The molecule has 2 aromatic heterocycles. The lowest BCUT2D eigenvalue weighted by atomic mass is 9.88. The zero-order valence-corrected chi connectivity index (χ0v) is 17.6. The van der Waals surface area contributed by atoms with Crippen LogP contribution >= 0.6 is 0 Å². The summed E-state index contributed by atoms with van der Waals surface area (Å²) in [6, 6.07) is 27.6. The minimum Gasteiger partial charge on any atom is -0.456 e. The molecule has 0 aliphatic heterocycles. The van der Waals surface area contributed by atoms with Gasteiger partial charge in [0.1, 0.15) is 11.2 Å². The Morgan fingerprint density at radius 2 is 1.50 bits per heavy atom. The van der Waals surface area contributed by atoms with Gasteiger partial charge in [0.05, 0.1) is 5.69 Å². The van der Waals surface area contributed by atoms with Crippen LogP contribution in [-0.4, -0.2) is 4.98 Å². The van der Waals surface area contributed by atoms with E-state index in [1.165, 1.54) is 16.7 Å². The first-order valence-corrected chi connectivity index (χ1v) is 10.4. The van der Waals surface area contributed by atoms with Crippen molar-refractivity contribution < 1.29 is 4.42 Å². The van der Waals surface area contributed by atoms with E-state index in [0.29, 0.717) is 0 Å². The molecule has 0 aliphatic carbocycles. The normalized spacial score (nSPS) is 12.0. The van der Waals surface area contributed by atoms with Gasteiger partial charge in [-0.05, 0) is 71.0 Å². The molecule has 5 rings (SSSR count). The molecule has 0 radical (unpaired) electrons. The molecule has 0 saturated heterocycles. The van der Waals surface area contributed by atoms with Crippen molar-refractivity contribution in [3.63, 3.8) is 0 Å². The summed E-state index contributed by atoms with van der Waals surface area (Å²) in [5.74, 6) is 0. The zero-order chi connectivity index (χ0) is 20.7. The summed E-state index contributed by atoms with van der Waals surface area (Å²) in [7, 11) is 0. The highest BCUT2D eigenvalue weighted by molar-refractivity contribution is 6.07. The number of benzene rings is 3. The molecule has 0 saturated carbocycles. The van der Waals surface area contributed by atoms with Crippen molar-refractivity contribution in [1.29, 1.82) is 0 Å². The fourth-order valence-corrected chi connectivity index (χ4v) is 4.10. The topological polar surface area (TPSA) is 26.0 Å². The quantitative estimate of drug-likeness (QED) is 0.312. The van der Waals surface area contributed by atoms with Crippen molar-refractivity contribution in [2.75, 3.05) is 0 Å². The fraction of sp³-hybridized carbons (Fsp3) is 0.179. The van der Waals surface area contributed by atoms with Gasteiger partial charge in [-0.1, -0.05) is 57.2 Å². The first kappa shape index (κ1) is 18.6. The number of rotatable bonds is 3. The second kappa shape index (κ2) is 7.14. The van der Waals surface area contributed by atoms with Crippen LogP contribution in [0.2, 0.25) is 0 Å². The van der Waals surface area contributed by atoms with Crippen LogP contribution in [0.15, 0.2) is 89.5 Å². The highest BCUT2D eigenvalue weighted by atomic mass is 16.3. The maximum atomic E-state index is 6.17. The Morgan fingerprint density at radius 3 is 2.30 bits per heavy atom. The molecule has 3 aromatic carbocycles. The molecule has 0 spiro atoms.